The number of nitrogens with one attached hydrogen (secondary N) is 1. The van der Waals surface area contributed by atoms with E-state index in [0.29, 0.717) is 5.41 Å². The summed E-state index contributed by atoms with van der Waals surface area (Å²) < 4.78 is 5.92. The van der Waals surface area contributed by atoms with Gasteiger partial charge in [0, 0.05) is 48.9 Å². The van der Waals surface area contributed by atoms with Crippen LogP contribution in [-0.4, -0.2) is 37.3 Å². The first-order valence-corrected chi connectivity index (χ1v) is 7.66. The molecule has 2 fully saturated rings. The van der Waals surface area contributed by atoms with Gasteiger partial charge in [0.15, 0.2) is 0 Å². The second kappa shape index (κ2) is 4.60. The van der Waals surface area contributed by atoms with E-state index in [4.69, 9.17) is 4.74 Å². The van der Waals surface area contributed by atoms with E-state index in [9.17, 15) is 0 Å². The second-order valence-electron chi connectivity index (χ2n) is 6.64. The van der Waals surface area contributed by atoms with Gasteiger partial charge in [-0.05, 0) is 38.1 Å². The van der Waals surface area contributed by atoms with Crippen molar-refractivity contribution in [1.82, 2.24) is 10.3 Å². The minimum atomic E-state index is 0.174. The van der Waals surface area contributed by atoms with Crippen LogP contribution in [0.15, 0.2) is 30.5 Å². The molecule has 1 aromatic carbocycles. The zero-order valence-electron chi connectivity index (χ0n) is 12.6. The third-order valence-corrected chi connectivity index (χ3v) is 4.47. The summed E-state index contributed by atoms with van der Waals surface area (Å²) in [4.78, 5) is 6.89. The Hall–Kier alpha value is -1.81. The molecular formula is C17H21N3O. The van der Waals surface area contributed by atoms with Crippen LogP contribution in [0.5, 0.6) is 5.75 Å². The molecule has 110 valence electrons. The van der Waals surface area contributed by atoms with Crippen molar-refractivity contribution in [2.24, 2.45) is 5.41 Å². The minimum Gasteiger partial charge on any atom is -0.490 e. The summed E-state index contributed by atoms with van der Waals surface area (Å²) in [5.74, 6) is 0.928. The maximum atomic E-state index is 5.92. The zero-order valence-corrected chi connectivity index (χ0v) is 12.6. The Morgan fingerprint density at radius 3 is 2.71 bits per heavy atom. The molecule has 4 rings (SSSR count). The summed E-state index contributed by atoms with van der Waals surface area (Å²) in [5, 5.41) is 4.49. The number of anilines is 1. The summed E-state index contributed by atoms with van der Waals surface area (Å²) in [6.07, 6.45) is 1.99. The molecule has 0 amide bonds. The van der Waals surface area contributed by atoms with Crippen LogP contribution in [0.25, 0.3) is 10.9 Å². The molecule has 0 atom stereocenters. The van der Waals surface area contributed by atoms with Crippen LogP contribution in [0.1, 0.15) is 13.8 Å². The Morgan fingerprint density at radius 2 is 2.05 bits per heavy atom. The van der Waals surface area contributed by atoms with Gasteiger partial charge < -0.3 is 15.0 Å². The molecule has 2 aliphatic heterocycles. The van der Waals surface area contributed by atoms with E-state index in [1.165, 1.54) is 18.8 Å². The highest BCUT2D eigenvalue weighted by molar-refractivity contribution is 5.88. The summed E-state index contributed by atoms with van der Waals surface area (Å²) >= 11 is 0. The van der Waals surface area contributed by atoms with Crippen molar-refractivity contribution in [2.45, 2.75) is 20.0 Å². The number of pyridine rings is 1. The maximum Gasteiger partial charge on any atom is 0.130 e. The number of nitrogens with zero attached hydrogens (tertiary/aromatic N) is 2. The number of benzene rings is 1. The first-order valence-electron chi connectivity index (χ1n) is 7.66. The molecule has 1 spiro atoms. The summed E-state index contributed by atoms with van der Waals surface area (Å²) in [7, 11) is 0. The second-order valence-corrected chi connectivity index (χ2v) is 6.64. The van der Waals surface area contributed by atoms with Crippen molar-refractivity contribution in [1.29, 1.82) is 0 Å². The lowest BCUT2D eigenvalue weighted by Gasteiger charge is -2.57. The Bertz CT molecular complexity index is 671. The molecule has 0 saturated carbocycles. The Morgan fingerprint density at radius 1 is 1.24 bits per heavy atom. The fourth-order valence-corrected chi connectivity index (χ4v) is 3.31. The topological polar surface area (TPSA) is 37.4 Å². The summed E-state index contributed by atoms with van der Waals surface area (Å²) in [5.41, 5.74) is 2.82. The third-order valence-electron chi connectivity index (χ3n) is 4.47. The van der Waals surface area contributed by atoms with Gasteiger partial charge in [-0.3, -0.25) is 4.98 Å². The van der Waals surface area contributed by atoms with Crippen molar-refractivity contribution < 1.29 is 4.74 Å². The van der Waals surface area contributed by atoms with Crippen LogP contribution in [-0.2, 0) is 0 Å². The van der Waals surface area contributed by atoms with Crippen LogP contribution in [0, 0.1) is 5.41 Å². The maximum absolute atomic E-state index is 5.92. The number of hydrogen-bond acceptors (Lipinski definition) is 4. The van der Waals surface area contributed by atoms with Gasteiger partial charge in [-0.15, -0.1) is 0 Å². The van der Waals surface area contributed by atoms with E-state index in [1.807, 2.05) is 12.3 Å². The van der Waals surface area contributed by atoms with Gasteiger partial charge in [0.1, 0.15) is 5.75 Å². The number of rotatable bonds is 3. The smallest absolute Gasteiger partial charge is 0.130 e. The van der Waals surface area contributed by atoms with Crippen LogP contribution in [0.4, 0.5) is 5.69 Å². The zero-order chi connectivity index (χ0) is 14.4. The first kappa shape index (κ1) is 12.9. The SMILES string of the molecule is CC(C)Oc1ccnc2ccc(N3CC4(CNC4)C3)cc12. The molecule has 0 radical (unpaired) electrons. The summed E-state index contributed by atoms with van der Waals surface area (Å²) in [6, 6.07) is 8.45. The molecule has 2 aliphatic rings. The quantitative estimate of drug-likeness (QED) is 0.939. The molecule has 0 unspecified atom stereocenters. The van der Waals surface area contributed by atoms with Crippen LogP contribution in [0.2, 0.25) is 0 Å². The Kier molecular flexibility index (Phi) is 2.82. The molecule has 0 bridgehead atoms. The molecule has 0 aliphatic carbocycles. The number of fused-ring (bicyclic) bond motifs is 1. The third kappa shape index (κ3) is 2.14. The normalized spacial score (nSPS) is 19.7. The lowest BCUT2D eigenvalue weighted by atomic mass is 9.74. The van der Waals surface area contributed by atoms with Crippen LogP contribution in [0.3, 0.4) is 0 Å². The van der Waals surface area contributed by atoms with Crippen molar-refractivity contribution in [3.63, 3.8) is 0 Å². The van der Waals surface area contributed by atoms with E-state index in [-0.39, 0.29) is 6.10 Å². The molecule has 4 nitrogen and oxygen atoms in total. The predicted molar refractivity (Wildman–Crippen MR) is 85.0 cm³/mol. The number of hydrogen-bond donors (Lipinski definition) is 1. The van der Waals surface area contributed by atoms with Gasteiger partial charge in [-0.25, -0.2) is 0 Å². The van der Waals surface area contributed by atoms with Gasteiger partial charge in [0.05, 0.1) is 11.6 Å². The van der Waals surface area contributed by atoms with E-state index in [1.54, 1.807) is 0 Å². The molecule has 4 heteroatoms. The van der Waals surface area contributed by atoms with Crippen molar-refractivity contribution in [3.8, 4) is 5.75 Å². The van der Waals surface area contributed by atoms with E-state index in [0.717, 1.165) is 29.7 Å². The summed E-state index contributed by atoms with van der Waals surface area (Å²) in [6.45, 7) is 8.76. The molecule has 2 aromatic rings. The van der Waals surface area contributed by atoms with E-state index in [2.05, 4.69) is 47.2 Å². The fourth-order valence-electron chi connectivity index (χ4n) is 3.31. The van der Waals surface area contributed by atoms with Crippen LogP contribution >= 0.6 is 0 Å². The van der Waals surface area contributed by atoms with E-state index >= 15 is 0 Å². The van der Waals surface area contributed by atoms with Crippen molar-refractivity contribution in [3.05, 3.63) is 30.5 Å². The van der Waals surface area contributed by atoms with Gasteiger partial charge in [-0.2, -0.15) is 0 Å². The highest BCUT2D eigenvalue weighted by Gasteiger charge is 2.47. The molecule has 3 heterocycles. The van der Waals surface area contributed by atoms with Gasteiger partial charge in [0.25, 0.3) is 0 Å². The lowest BCUT2D eigenvalue weighted by molar-refractivity contribution is 0.121. The monoisotopic (exact) mass is 283 g/mol. The highest BCUT2D eigenvalue weighted by Crippen LogP contribution is 2.39. The fraction of sp³-hybridized carbons (Fsp3) is 0.471. The Labute approximate surface area is 125 Å². The van der Waals surface area contributed by atoms with Crippen molar-refractivity contribution >= 4 is 16.6 Å². The molecular weight excluding hydrogens is 262 g/mol. The minimum absolute atomic E-state index is 0.174. The standard InChI is InChI=1S/C17H21N3O/c1-12(2)21-16-5-6-19-15-4-3-13(7-14(15)16)20-10-17(11-20)8-18-9-17/h3-7,12,18H,8-11H2,1-2H3. The average molecular weight is 283 g/mol. The lowest BCUT2D eigenvalue weighted by Crippen LogP contribution is -2.71. The van der Waals surface area contributed by atoms with Gasteiger partial charge >= 0.3 is 0 Å². The molecule has 1 aromatic heterocycles. The van der Waals surface area contributed by atoms with Crippen molar-refractivity contribution in [2.75, 3.05) is 31.1 Å². The molecule has 2 saturated heterocycles. The molecule has 21 heavy (non-hydrogen) atoms. The van der Waals surface area contributed by atoms with E-state index < -0.39 is 0 Å². The first-order chi connectivity index (χ1) is 10.2. The Balaban J connectivity index is 1.65. The predicted octanol–water partition coefficient (Wildman–Crippen LogP) is 2.43. The molecule has 1 N–H and O–H groups in total. The highest BCUT2D eigenvalue weighted by atomic mass is 16.5. The van der Waals surface area contributed by atoms with Gasteiger partial charge in [-0.1, -0.05) is 0 Å². The average Bonchev–Trinajstić information content (AvgIpc) is 2.35. The number of ether oxygens (including phenoxy) is 1. The largest absolute Gasteiger partial charge is 0.490 e. The van der Waals surface area contributed by atoms with Crippen LogP contribution < -0.4 is 15.0 Å². The van der Waals surface area contributed by atoms with Gasteiger partial charge in [0.2, 0.25) is 0 Å². The number of aromatic nitrogens is 1.